The van der Waals surface area contributed by atoms with Crippen LogP contribution in [0.5, 0.6) is 0 Å². The highest BCUT2D eigenvalue weighted by Gasteiger charge is 2.20. The molecule has 0 bridgehead atoms. The van der Waals surface area contributed by atoms with E-state index in [0.29, 0.717) is 12.1 Å². The van der Waals surface area contributed by atoms with Gasteiger partial charge in [-0.05, 0) is 39.9 Å². The van der Waals surface area contributed by atoms with Crippen molar-refractivity contribution >= 4 is 27.6 Å². The van der Waals surface area contributed by atoms with Crippen LogP contribution in [0.2, 0.25) is 0 Å². The second-order valence-electron chi connectivity index (χ2n) is 5.72. The fourth-order valence-corrected chi connectivity index (χ4v) is 2.15. The zero-order valence-electron chi connectivity index (χ0n) is 11.7. The molecule has 0 aliphatic carbocycles. The fraction of sp³-hybridized carbons (Fsp3) is 0.538. The van der Waals surface area contributed by atoms with Gasteiger partial charge in [-0.2, -0.15) is 4.39 Å². The summed E-state index contributed by atoms with van der Waals surface area (Å²) in [5, 5.41) is 14.5. The molecule has 0 radical (unpaired) electrons. The topological polar surface area (TPSA) is 74.2 Å². The van der Waals surface area contributed by atoms with Crippen LogP contribution < -0.4 is 10.6 Å². The molecule has 0 saturated heterocycles. The number of urea groups is 1. The summed E-state index contributed by atoms with van der Waals surface area (Å²) in [7, 11) is 0. The summed E-state index contributed by atoms with van der Waals surface area (Å²) in [6.07, 6.45) is 0.639. The van der Waals surface area contributed by atoms with Crippen molar-refractivity contribution in [2.45, 2.75) is 33.2 Å². The Bertz CT molecular complexity index is 477. The van der Waals surface area contributed by atoms with E-state index in [9.17, 15) is 14.3 Å². The summed E-state index contributed by atoms with van der Waals surface area (Å²) in [6.45, 7) is 5.93. The number of rotatable bonds is 4. The van der Waals surface area contributed by atoms with Gasteiger partial charge in [0.2, 0.25) is 5.95 Å². The standard InChI is InChI=1S/C13H19BrFN3O2/c1-13(2,3)6-8(7-19)16-12(20)17-9-4-5-10(15)18-11(9)14/h4-5,8,19H,6-7H2,1-3H3,(H2,16,17,20). The lowest BCUT2D eigenvalue weighted by atomic mass is 9.88. The molecule has 1 rings (SSSR count). The summed E-state index contributed by atoms with van der Waals surface area (Å²) in [6, 6.07) is 1.74. The molecule has 0 aromatic carbocycles. The smallest absolute Gasteiger partial charge is 0.319 e. The first-order valence-corrected chi connectivity index (χ1v) is 7.01. The van der Waals surface area contributed by atoms with Crippen LogP contribution in [0.25, 0.3) is 0 Å². The van der Waals surface area contributed by atoms with Crippen molar-refractivity contribution in [2.24, 2.45) is 5.41 Å². The van der Waals surface area contributed by atoms with Gasteiger partial charge in [0.05, 0.1) is 18.3 Å². The maximum absolute atomic E-state index is 12.8. The lowest BCUT2D eigenvalue weighted by Crippen LogP contribution is -2.42. The zero-order valence-corrected chi connectivity index (χ0v) is 13.3. The highest BCUT2D eigenvalue weighted by molar-refractivity contribution is 9.10. The Labute approximate surface area is 126 Å². The number of hydrogen-bond donors (Lipinski definition) is 3. The Kier molecular flexibility index (Phi) is 5.88. The molecule has 0 spiro atoms. The van der Waals surface area contributed by atoms with Crippen LogP contribution >= 0.6 is 15.9 Å². The van der Waals surface area contributed by atoms with Crippen LogP contribution in [-0.2, 0) is 0 Å². The molecule has 3 N–H and O–H groups in total. The molecule has 7 heteroatoms. The molecule has 0 aliphatic heterocycles. The predicted octanol–water partition coefficient (Wildman–Crippen LogP) is 2.90. The second-order valence-corrected chi connectivity index (χ2v) is 6.47. The van der Waals surface area contributed by atoms with Crippen molar-refractivity contribution in [3.05, 3.63) is 22.7 Å². The number of amides is 2. The van der Waals surface area contributed by atoms with Gasteiger partial charge in [0.25, 0.3) is 0 Å². The van der Waals surface area contributed by atoms with E-state index >= 15 is 0 Å². The van der Waals surface area contributed by atoms with Crippen molar-refractivity contribution in [1.29, 1.82) is 0 Å². The third-order valence-corrected chi connectivity index (χ3v) is 3.08. The number of aliphatic hydroxyl groups is 1. The van der Waals surface area contributed by atoms with E-state index in [1.165, 1.54) is 6.07 Å². The van der Waals surface area contributed by atoms with E-state index in [-0.39, 0.29) is 22.7 Å². The third-order valence-electron chi connectivity index (χ3n) is 2.48. The SMILES string of the molecule is CC(C)(C)CC(CO)NC(=O)Nc1ccc(F)nc1Br. The van der Waals surface area contributed by atoms with Crippen LogP contribution in [0.3, 0.4) is 0 Å². The van der Waals surface area contributed by atoms with Crippen LogP contribution in [0, 0.1) is 11.4 Å². The van der Waals surface area contributed by atoms with Gasteiger partial charge < -0.3 is 15.7 Å². The molecule has 1 unspecified atom stereocenters. The van der Waals surface area contributed by atoms with E-state index in [1.54, 1.807) is 0 Å². The summed E-state index contributed by atoms with van der Waals surface area (Å²) >= 11 is 3.06. The number of hydrogen-bond acceptors (Lipinski definition) is 3. The van der Waals surface area contributed by atoms with Crippen LogP contribution in [0.1, 0.15) is 27.2 Å². The minimum absolute atomic E-state index is 0.0152. The van der Waals surface area contributed by atoms with Crippen molar-refractivity contribution in [1.82, 2.24) is 10.3 Å². The largest absolute Gasteiger partial charge is 0.394 e. The molecule has 5 nitrogen and oxygen atoms in total. The molecule has 1 aromatic heterocycles. The Morgan fingerprint density at radius 2 is 2.15 bits per heavy atom. The molecule has 0 saturated carbocycles. The number of nitrogens with one attached hydrogen (secondary N) is 2. The van der Waals surface area contributed by atoms with Crippen LogP contribution in [0.4, 0.5) is 14.9 Å². The molecule has 1 atom stereocenters. The van der Waals surface area contributed by atoms with E-state index < -0.39 is 12.0 Å². The number of anilines is 1. The number of aliphatic hydroxyl groups excluding tert-OH is 1. The third kappa shape index (κ3) is 5.83. The van der Waals surface area contributed by atoms with Crippen molar-refractivity contribution in [3.8, 4) is 0 Å². The quantitative estimate of drug-likeness (QED) is 0.733. The highest BCUT2D eigenvalue weighted by Crippen LogP contribution is 2.21. The van der Waals surface area contributed by atoms with Gasteiger partial charge >= 0.3 is 6.03 Å². The number of aromatic nitrogens is 1. The molecule has 112 valence electrons. The predicted molar refractivity (Wildman–Crippen MR) is 79.0 cm³/mol. The van der Waals surface area contributed by atoms with Gasteiger partial charge in [0.15, 0.2) is 0 Å². The summed E-state index contributed by atoms with van der Waals surface area (Å²) < 4.78 is 13.0. The first kappa shape index (κ1) is 16.8. The zero-order chi connectivity index (χ0) is 15.3. The van der Waals surface area contributed by atoms with Crippen LogP contribution in [0.15, 0.2) is 16.7 Å². The van der Waals surface area contributed by atoms with Gasteiger partial charge in [-0.1, -0.05) is 20.8 Å². The molecule has 20 heavy (non-hydrogen) atoms. The van der Waals surface area contributed by atoms with Crippen molar-refractivity contribution < 1.29 is 14.3 Å². The maximum atomic E-state index is 12.8. The minimum atomic E-state index is -0.635. The van der Waals surface area contributed by atoms with E-state index in [4.69, 9.17) is 0 Å². The molecule has 2 amide bonds. The molecular weight excluding hydrogens is 329 g/mol. The first-order valence-electron chi connectivity index (χ1n) is 6.21. The van der Waals surface area contributed by atoms with Gasteiger partial charge in [0.1, 0.15) is 4.60 Å². The minimum Gasteiger partial charge on any atom is -0.394 e. The average Bonchev–Trinajstić information content (AvgIpc) is 2.30. The highest BCUT2D eigenvalue weighted by atomic mass is 79.9. The number of halogens is 2. The average molecular weight is 348 g/mol. The summed E-state index contributed by atoms with van der Waals surface area (Å²) in [5.74, 6) is -0.635. The van der Waals surface area contributed by atoms with E-state index in [0.717, 1.165) is 6.07 Å². The van der Waals surface area contributed by atoms with Gasteiger partial charge in [0, 0.05) is 0 Å². The van der Waals surface area contributed by atoms with Crippen molar-refractivity contribution in [2.75, 3.05) is 11.9 Å². The molecule has 1 heterocycles. The molecular formula is C13H19BrFN3O2. The van der Waals surface area contributed by atoms with Gasteiger partial charge in [-0.25, -0.2) is 9.78 Å². The number of carbonyl (C=O) groups is 1. The van der Waals surface area contributed by atoms with Crippen molar-refractivity contribution in [3.63, 3.8) is 0 Å². The molecule has 0 fully saturated rings. The fourth-order valence-electron chi connectivity index (χ4n) is 1.75. The summed E-state index contributed by atoms with van der Waals surface area (Å²) in [4.78, 5) is 15.4. The second kappa shape index (κ2) is 6.99. The van der Waals surface area contributed by atoms with Crippen LogP contribution in [-0.4, -0.2) is 28.8 Å². The molecule has 1 aromatic rings. The van der Waals surface area contributed by atoms with E-state index in [1.807, 2.05) is 20.8 Å². The Balaban J connectivity index is 2.62. The lowest BCUT2D eigenvalue weighted by molar-refractivity contribution is 0.196. The monoisotopic (exact) mass is 347 g/mol. The maximum Gasteiger partial charge on any atom is 0.319 e. The first-order chi connectivity index (χ1) is 9.21. The normalized spacial score (nSPS) is 12.9. The van der Waals surface area contributed by atoms with Gasteiger partial charge in [-0.15, -0.1) is 0 Å². The summed E-state index contributed by atoms with van der Waals surface area (Å²) in [5.41, 5.74) is 0.343. The Morgan fingerprint density at radius 3 is 2.65 bits per heavy atom. The Hall–Kier alpha value is -1.21. The number of nitrogens with zero attached hydrogens (tertiary/aromatic N) is 1. The van der Waals surface area contributed by atoms with Gasteiger partial charge in [-0.3, -0.25) is 0 Å². The molecule has 0 aliphatic rings. The lowest BCUT2D eigenvalue weighted by Gasteiger charge is -2.25. The van der Waals surface area contributed by atoms with E-state index in [2.05, 4.69) is 31.5 Å². The number of pyridine rings is 1. The Morgan fingerprint density at radius 1 is 1.50 bits per heavy atom. The number of carbonyl (C=O) groups excluding carboxylic acids is 1.